The first kappa shape index (κ1) is 33.9. The number of benzene rings is 8. The van der Waals surface area contributed by atoms with E-state index in [0.29, 0.717) is 11.8 Å². The van der Waals surface area contributed by atoms with E-state index in [0.717, 1.165) is 23.2 Å². The van der Waals surface area contributed by atoms with Gasteiger partial charge in [-0.2, -0.15) is 0 Å². The molecule has 5 aliphatic rings. The van der Waals surface area contributed by atoms with E-state index in [1.54, 1.807) is 11.1 Å². The van der Waals surface area contributed by atoms with Crippen LogP contribution in [0.25, 0.3) is 66.1 Å². The molecule has 3 nitrogen and oxygen atoms in total. The fourth-order valence-electron chi connectivity index (χ4n) is 13.7. The van der Waals surface area contributed by atoms with Gasteiger partial charge in [0.15, 0.2) is 0 Å². The summed E-state index contributed by atoms with van der Waals surface area (Å²) in [7, 11) is 0. The number of fused-ring (bicyclic) bond motifs is 9. The van der Waals surface area contributed by atoms with Gasteiger partial charge in [0.1, 0.15) is 0 Å². The van der Waals surface area contributed by atoms with Crippen molar-refractivity contribution in [1.29, 1.82) is 0 Å². The second-order valence-electron chi connectivity index (χ2n) is 18.5. The first-order valence-corrected chi connectivity index (χ1v) is 22.4. The summed E-state index contributed by atoms with van der Waals surface area (Å²) in [5, 5.41) is 5.13. The molecule has 15 rings (SSSR count). The molecule has 0 N–H and O–H groups in total. The van der Waals surface area contributed by atoms with Crippen LogP contribution in [0.1, 0.15) is 43.2 Å². The van der Waals surface area contributed by atoms with Crippen molar-refractivity contribution in [2.24, 2.45) is 23.7 Å². The molecule has 0 amide bonds. The number of anilines is 3. The molecule has 0 radical (unpaired) electrons. The lowest BCUT2D eigenvalue weighted by molar-refractivity contribution is -0.0399. The summed E-state index contributed by atoms with van der Waals surface area (Å²) in [5.74, 6) is 3.24. The van der Waals surface area contributed by atoms with E-state index in [4.69, 9.17) is 0 Å². The first-order chi connectivity index (χ1) is 30.2. The van der Waals surface area contributed by atoms with Gasteiger partial charge >= 0.3 is 0 Å². The molecule has 0 unspecified atom stereocenters. The van der Waals surface area contributed by atoms with Gasteiger partial charge in [-0.15, -0.1) is 0 Å². The zero-order valence-corrected chi connectivity index (χ0v) is 34.1. The maximum atomic E-state index is 2.55. The van der Waals surface area contributed by atoms with E-state index in [2.05, 4.69) is 202 Å². The van der Waals surface area contributed by atoms with Crippen LogP contribution < -0.4 is 4.90 Å². The van der Waals surface area contributed by atoms with Crippen molar-refractivity contribution in [3.8, 4) is 22.5 Å². The zero-order valence-electron chi connectivity index (χ0n) is 34.1. The number of para-hydroxylation sites is 4. The second-order valence-corrected chi connectivity index (χ2v) is 18.5. The molecule has 0 atom stereocenters. The van der Waals surface area contributed by atoms with Crippen LogP contribution in [-0.4, -0.2) is 9.13 Å². The van der Waals surface area contributed by atoms with Crippen LogP contribution in [-0.2, 0) is 5.41 Å². The highest BCUT2D eigenvalue weighted by Crippen LogP contribution is 2.70. The Morgan fingerprint density at radius 2 is 0.787 bits per heavy atom. The summed E-state index contributed by atoms with van der Waals surface area (Å²) in [4.78, 5) is 2.55. The largest absolute Gasteiger partial charge is 0.310 e. The van der Waals surface area contributed by atoms with E-state index in [9.17, 15) is 0 Å². The van der Waals surface area contributed by atoms with Crippen LogP contribution in [0.15, 0.2) is 188 Å². The van der Waals surface area contributed by atoms with Crippen molar-refractivity contribution in [3.63, 3.8) is 0 Å². The van der Waals surface area contributed by atoms with Gasteiger partial charge in [0.05, 0.1) is 27.8 Å². The van der Waals surface area contributed by atoms with Gasteiger partial charge in [-0.1, -0.05) is 109 Å². The third-order valence-electron chi connectivity index (χ3n) is 15.7. The SMILES string of the molecule is c1ccc2c(c1)-c1c(N(c3ccc(-n4c5ccccc5c5ccccc54)cc3)c3ccc(-n4c5ccccc5c5ccccc54)cc3)cccc1C21C2CC3CC(C2)CC1C3. The lowest BCUT2D eigenvalue weighted by Gasteiger charge is -2.61. The Kier molecular flexibility index (Phi) is 7.01. The number of nitrogens with zero attached hydrogens (tertiary/aromatic N) is 3. The normalized spacial score (nSPS) is 22.2. The highest BCUT2D eigenvalue weighted by molar-refractivity contribution is 6.10. The summed E-state index contributed by atoms with van der Waals surface area (Å²) in [6, 6.07) is 70.7. The van der Waals surface area contributed by atoms with E-state index in [-0.39, 0.29) is 5.41 Å². The molecule has 1 spiro atoms. The Bertz CT molecular complexity index is 3090. The molecular formula is C58H45N3. The predicted octanol–water partition coefficient (Wildman–Crippen LogP) is 15.1. The Hall–Kier alpha value is -6.84. The summed E-state index contributed by atoms with van der Waals surface area (Å²) < 4.78 is 4.85. The average Bonchev–Trinajstić information content (AvgIpc) is 3.94. The summed E-state index contributed by atoms with van der Waals surface area (Å²) in [6.07, 6.45) is 6.97. The molecule has 2 heterocycles. The standard InChI is InChI=1S/C58H45N3/c1-6-17-50-49(16-1)57-51(58(50)39-33-37-32-38(35-39)36-40(58)34-37)18-11-23-56(57)59(41-24-28-43(29-25-41)60-52-19-7-2-12-45(52)46-13-3-8-20-53(46)60)42-26-30-44(31-27-42)61-54-21-9-4-14-47(54)48-15-5-10-22-55(48)61/h1-31,37-40H,32-36H2. The number of hydrogen-bond donors (Lipinski definition) is 0. The van der Waals surface area contributed by atoms with Crippen molar-refractivity contribution in [2.75, 3.05) is 4.90 Å². The fraction of sp³-hybridized carbons (Fsp3) is 0.172. The highest BCUT2D eigenvalue weighted by Gasteiger charge is 2.61. The van der Waals surface area contributed by atoms with E-state index < -0.39 is 0 Å². The lowest BCUT2D eigenvalue weighted by Crippen LogP contribution is -2.55. The third-order valence-corrected chi connectivity index (χ3v) is 15.7. The minimum Gasteiger partial charge on any atom is -0.310 e. The van der Waals surface area contributed by atoms with Gasteiger partial charge < -0.3 is 14.0 Å². The van der Waals surface area contributed by atoms with Crippen LogP contribution in [0, 0.1) is 23.7 Å². The third kappa shape index (κ3) is 4.59. The molecule has 4 fully saturated rings. The number of rotatable bonds is 5. The molecule has 0 saturated heterocycles. The quantitative estimate of drug-likeness (QED) is 0.169. The van der Waals surface area contributed by atoms with Crippen LogP contribution in [0.5, 0.6) is 0 Å². The summed E-state index contributed by atoms with van der Waals surface area (Å²) in [5.41, 5.74) is 17.0. The molecular weight excluding hydrogens is 739 g/mol. The Balaban J connectivity index is 0.970. The minimum atomic E-state index is 0.0990. The molecule has 4 saturated carbocycles. The molecule has 3 heteroatoms. The molecule has 5 aliphatic carbocycles. The van der Waals surface area contributed by atoms with Crippen molar-refractivity contribution in [1.82, 2.24) is 9.13 Å². The van der Waals surface area contributed by atoms with Crippen molar-refractivity contribution in [3.05, 3.63) is 199 Å². The van der Waals surface area contributed by atoms with E-state index >= 15 is 0 Å². The minimum absolute atomic E-state index is 0.0990. The molecule has 8 aromatic carbocycles. The predicted molar refractivity (Wildman–Crippen MR) is 253 cm³/mol. The first-order valence-electron chi connectivity index (χ1n) is 22.4. The highest BCUT2D eigenvalue weighted by atomic mass is 15.1. The smallest absolute Gasteiger partial charge is 0.0543 e. The maximum absolute atomic E-state index is 2.55. The second kappa shape index (κ2) is 12.6. The van der Waals surface area contributed by atoms with Crippen LogP contribution >= 0.6 is 0 Å². The van der Waals surface area contributed by atoms with Crippen LogP contribution in [0.3, 0.4) is 0 Å². The van der Waals surface area contributed by atoms with Crippen molar-refractivity contribution < 1.29 is 0 Å². The molecule has 4 bridgehead atoms. The van der Waals surface area contributed by atoms with Gasteiger partial charge in [0, 0.05) is 55.3 Å². The number of aromatic nitrogens is 2. The van der Waals surface area contributed by atoms with Gasteiger partial charge in [-0.05, 0) is 151 Å². The van der Waals surface area contributed by atoms with Gasteiger partial charge in [0.25, 0.3) is 0 Å². The molecule has 292 valence electrons. The lowest BCUT2D eigenvalue weighted by atomic mass is 9.43. The van der Waals surface area contributed by atoms with E-state index in [1.807, 2.05) is 0 Å². The van der Waals surface area contributed by atoms with Crippen LogP contribution in [0.4, 0.5) is 17.1 Å². The summed E-state index contributed by atoms with van der Waals surface area (Å²) in [6.45, 7) is 0. The maximum Gasteiger partial charge on any atom is 0.0543 e. The van der Waals surface area contributed by atoms with Gasteiger partial charge in [-0.25, -0.2) is 0 Å². The topological polar surface area (TPSA) is 13.1 Å². The molecule has 10 aromatic rings. The Morgan fingerprint density at radius 1 is 0.377 bits per heavy atom. The van der Waals surface area contributed by atoms with E-state index in [1.165, 1.54) is 104 Å². The zero-order chi connectivity index (χ0) is 39.8. The monoisotopic (exact) mass is 783 g/mol. The Morgan fingerprint density at radius 3 is 1.26 bits per heavy atom. The Labute approximate surface area is 356 Å². The van der Waals surface area contributed by atoms with Crippen molar-refractivity contribution >= 4 is 60.7 Å². The average molecular weight is 784 g/mol. The molecule has 0 aliphatic heterocycles. The summed E-state index contributed by atoms with van der Waals surface area (Å²) >= 11 is 0. The molecule has 2 aromatic heterocycles. The fourth-order valence-corrected chi connectivity index (χ4v) is 13.7. The molecule has 61 heavy (non-hydrogen) atoms. The van der Waals surface area contributed by atoms with Gasteiger partial charge in [0.2, 0.25) is 0 Å². The van der Waals surface area contributed by atoms with Gasteiger partial charge in [-0.3, -0.25) is 0 Å². The van der Waals surface area contributed by atoms with Crippen molar-refractivity contribution in [2.45, 2.75) is 37.5 Å². The van der Waals surface area contributed by atoms with Crippen LogP contribution in [0.2, 0.25) is 0 Å². The number of hydrogen-bond acceptors (Lipinski definition) is 1.